The van der Waals surface area contributed by atoms with Gasteiger partial charge in [0.2, 0.25) is 5.88 Å². The summed E-state index contributed by atoms with van der Waals surface area (Å²) in [5.74, 6) is 0.262. The standard InChI is InChI=1S/C18H13N5O2S/c1-3-25-16-11(9-19)12(10-7-5-4-6-8-10)13-14-15(26-17(13)20-16)18(24)23(2)22-21-14/h4-8H,3H2,1-2H3. The smallest absolute Gasteiger partial charge is 0.287 e. The van der Waals surface area contributed by atoms with Gasteiger partial charge in [-0.15, -0.1) is 16.4 Å². The zero-order valence-electron chi connectivity index (χ0n) is 14.1. The molecule has 0 aliphatic carbocycles. The van der Waals surface area contributed by atoms with Crippen LogP contribution in [0.2, 0.25) is 0 Å². The molecule has 8 heteroatoms. The highest BCUT2D eigenvalue weighted by molar-refractivity contribution is 7.25. The quantitative estimate of drug-likeness (QED) is 0.555. The Balaban J connectivity index is 2.25. The van der Waals surface area contributed by atoms with Gasteiger partial charge in [-0.1, -0.05) is 35.5 Å². The van der Waals surface area contributed by atoms with Gasteiger partial charge in [0.05, 0.1) is 6.61 Å². The lowest BCUT2D eigenvalue weighted by atomic mass is 9.98. The number of ether oxygens (including phenoxy) is 1. The first-order chi connectivity index (χ1) is 12.7. The number of pyridine rings is 1. The van der Waals surface area contributed by atoms with Gasteiger partial charge in [-0.3, -0.25) is 4.79 Å². The Bertz CT molecular complexity index is 1240. The van der Waals surface area contributed by atoms with E-state index in [1.54, 1.807) is 7.05 Å². The molecule has 4 aromatic rings. The van der Waals surface area contributed by atoms with Gasteiger partial charge >= 0.3 is 0 Å². The van der Waals surface area contributed by atoms with Crippen molar-refractivity contribution in [3.8, 4) is 23.1 Å². The van der Waals surface area contributed by atoms with Crippen LogP contribution in [0.1, 0.15) is 12.5 Å². The molecular weight excluding hydrogens is 350 g/mol. The lowest BCUT2D eigenvalue weighted by Gasteiger charge is -2.11. The number of nitriles is 1. The highest BCUT2D eigenvalue weighted by Gasteiger charge is 2.23. The summed E-state index contributed by atoms with van der Waals surface area (Å²) in [5, 5.41) is 18.5. The molecule has 0 saturated carbocycles. The molecule has 0 unspecified atom stereocenters. The Morgan fingerprint density at radius 2 is 2.08 bits per heavy atom. The Morgan fingerprint density at radius 3 is 2.77 bits per heavy atom. The predicted molar refractivity (Wildman–Crippen MR) is 99.3 cm³/mol. The fourth-order valence-corrected chi connectivity index (χ4v) is 3.95. The van der Waals surface area contributed by atoms with Crippen LogP contribution in [-0.2, 0) is 7.05 Å². The number of aryl methyl sites for hydroxylation is 1. The average molecular weight is 363 g/mol. The van der Waals surface area contributed by atoms with Crippen molar-refractivity contribution in [2.75, 3.05) is 6.61 Å². The van der Waals surface area contributed by atoms with E-state index in [1.807, 2.05) is 37.3 Å². The summed E-state index contributed by atoms with van der Waals surface area (Å²) < 4.78 is 7.25. The first kappa shape index (κ1) is 16.2. The van der Waals surface area contributed by atoms with E-state index in [-0.39, 0.29) is 11.4 Å². The summed E-state index contributed by atoms with van der Waals surface area (Å²) in [6.45, 7) is 2.22. The number of thiophene rings is 1. The third kappa shape index (κ3) is 2.33. The summed E-state index contributed by atoms with van der Waals surface area (Å²) >= 11 is 1.23. The highest BCUT2D eigenvalue weighted by Crippen LogP contribution is 2.41. The zero-order chi connectivity index (χ0) is 18.3. The molecule has 26 heavy (non-hydrogen) atoms. The van der Waals surface area contributed by atoms with Gasteiger partial charge in [-0.05, 0) is 12.5 Å². The summed E-state index contributed by atoms with van der Waals surface area (Å²) in [7, 11) is 1.55. The van der Waals surface area contributed by atoms with E-state index in [4.69, 9.17) is 4.74 Å². The monoisotopic (exact) mass is 363 g/mol. The van der Waals surface area contributed by atoms with E-state index in [2.05, 4.69) is 21.4 Å². The molecule has 3 aromatic heterocycles. The molecule has 0 N–H and O–H groups in total. The molecule has 3 heterocycles. The lowest BCUT2D eigenvalue weighted by molar-refractivity contribution is 0.327. The number of benzene rings is 1. The Kier molecular flexibility index (Phi) is 3.86. The minimum absolute atomic E-state index is 0.242. The van der Waals surface area contributed by atoms with Crippen LogP contribution < -0.4 is 10.3 Å². The maximum Gasteiger partial charge on any atom is 0.287 e. The second kappa shape index (κ2) is 6.20. The number of fused-ring (bicyclic) bond motifs is 3. The first-order valence-electron chi connectivity index (χ1n) is 7.94. The molecule has 0 amide bonds. The third-order valence-corrected chi connectivity index (χ3v) is 5.06. The van der Waals surface area contributed by atoms with Gasteiger partial charge in [0, 0.05) is 18.0 Å². The van der Waals surface area contributed by atoms with Crippen molar-refractivity contribution in [1.29, 1.82) is 5.26 Å². The van der Waals surface area contributed by atoms with E-state index in [9.17, 15) is 10.1 Å². The van der Waals surface area contributed by atoms with Crippen molar-refractivity contribution >= 4 is 31.8 Å². The normalized spacial score (nSPS) is 11.0. The highest BCUT2D eigenvalue weighted by atomic mass is 32.1. The largest absolute Gasteiger partial charge is 0.477 e. The van der Waals surface area contributed by atoms with E-state index < -0.39 is 0 Å². The number of hydrogen-bond acceptors (Lipinski definition) is 7. The minimum Gasteiger partial charge on any atom is -0.477 e. The van der Waals surface area contributed by atoms with Crippen LogP contribution in [0.15, 0.2) is 35.1 Å². The van der Waals surface area contributed by atoms with Crippen molar-refractivity contribution in [2.24, 2.45) is 7.05 Å². The maximum absolute atomic E-state index is 12.5. The molecule has 0 bridgehead atoms. The van der Waals surface area contributed by atoms with Crippen LogP contribution in [0.4, 0.5) is 0 Å². The van der Waals surface area contributed by atoms with Crippen LogP contribution in [0, 0.1) is 11.3 Å². The predicted octanol–water partition coefficient (Wildman–Crippen LogP) is 2.88. The van der Waals surface area contributed by atoms with Crippen molar-refractivity contribution in [3.05, 3.63) is 46.2 Å². The molecule has 0 spiro atoms. The second-order valence-corrected chi connectivity index (χ2v) is 6.56. The third-order valence-electron chi connectivity index (χ3n) is 4.00. The first-order valence-corrected chi connectivity index (χ1v) is 8.75. The van der Waals surface area contributed by atoms with E-state index in [1.165, 1.54) is 16.0 Å². The van der Waals surface area contributed by atoms with Gasteiger partial charge in [-0.2, -0.15) is 5.26 Å². The number of rotatable bonds is 3. The SMILES string of the molecule is CCOc1nc2sc3c(=O)n(C)nnc3c2c(-c2ccccc2)c1C#N. The molecule has 0 saturated heterocycles. The fourth-order valence-electron chi connectivity index (χ4n) is 2.87. The molecular formula is C18H13N5O2S. The van der Waals surface area contributed by atoms with Crippen LogP contribution in [-0.4, -0.2) is 26.6 Å². The molecule has 0 radical (unpaired) electrons. The minimum atomic E-state index is -0.242. The van der Waals surface area contributed by atoms with Gasteiger partial charge < -0.3 is 4.74 Å². The summed E-state index contributed by atoms with van der Waals surface area (Å²) in [5.41, 5.74) is 2.04. The topological polar surface area (TPSA) is 93.7 Å². The molecule has 4 rings (SSSR count). The summed E-state index contributed by atoms with van der Waals surface area (Å²) in [6.07, 6.45) is 0. The molecule has 7 nitrogen and oxygen atoms in total. The second-order valence-electron chi connectivity index (χ2n) is 5.56. The van der Waals surface area contributed by atoms with E-state index in [0.29, 0.717) is 38.2 Å². The number of nitrogens with zero attached hydrogens (tertiary/aromatic N) is 5. The fraction of sp³-hybridized carbons (Fsp3) is 0.167. The molecule has 1 aromatic carbocycles. The Labute approximate surface area is 152 Å². The molecule has 0 atom stereocenters. The van der Waals surface area contributed by atoms with Crippen LogP contribution >= 0.6 is 11.3 Å². The molecule has 0 aliphatic heterocycles. The van der Waals surface area contributed by atoms with Gasteiger partial charge in [0.1, 0.15) is 26.7 Å². The van der Waals surface area contributed by atoms with E-state index in [0.717, 1.165) is 5.56 Å². The summed E-state index contributed by atoms with van der Waals surface area (Å²) in [6, 6.07) is 11.7. The average Bonchev–Trinajstić information content (AvgIpc) is 3.03. The van der Waals surface area contributed by atoms with Gasteiger partial charge in [0.15, 0.2) is 0 Å². The number of hydrogen-bond donors (Lipinski definition) is 0. The maximum atomic E-state index is 12.5. The van der Waals surface area contributed by atoms with Crippen LogP contribution in [0.25, 0.3) is 31.6 Å². The Morgan fingerprint density at radius 1 is 1.31 bits per heavy atom. The summed E-state index contributed by atoms with van der Waals surface area (Å²) in [4.78, 5) is 17.5. The Hall–Kier alpha value is -3.31. The van der Waals surface area contributed by atoms with Crippen molar-refractivity contribution < 1.29 is 4.74 Å². The van der Waals surface area contributed by atoms with Gasteiger partial charge in [0.25, 0.3) is 5.56 Å². The van der Waals surface area contributed by atoms with Crippen molar-refractivity contribution in [3.63, 3.8) is 0 Å². The number of aromatic nitrogens is 4. The molecule has 0 aliphatic rings. The van der Waals surface area contributed by atoms with Crippen molar-refractivity contribution in [2.45, 2.75) is 6.92 Å². The molecule has 128 valence electrons. The van der Waals surface area contributed by atoms with Crippen LogP contribution in [0.5, 0.6) is 5.88 Å². The van der Waals surface area contributed by atoms with Crippen LogP contribution in [0.3, 0.4) is 0 Å². The zero-order valence-corrected chi connectivity index (χ0v) is 14.9. The molecule has 0 fully saturated rings. The van der Waals surface area contributed by atoms with Gasteiger partial charge in [-0.25, -0.2) is 9.67 Å². The van der Waals surface area contributed by atoms with Crippen molar-refractivity contribution in [1.82, 2.24) is 20.0 Å². The van der Waals surface area contributed by atoms with E-state index >= 15 is 0 Å². The lowest BCUT2D eigenvalue weighted by Crippen LogP contribution is -2.19.